The summed E-state index contributed by atoms with van der Waals surface area (Å²) in [6.45, 7) is 0.143. The van der Waals surface area contributed by atoms with Crippen LogP contribution < -0.4 is 9.47 Å². The molecule has 2 rings (SSSR count). The van der Waals surface area contributed by atoms with Gasteiger partial charge >= 0.3 is 5.97 Å². The first-order chi connectivity index (χ1) is 12.0. The number of hydrogen-bond donors (Lipinski definition) is 0. The molecular formula is C19H19BrO5. The second-order valence-corrected chi connectivity index (χ2v) is 6.20. The third kappa shape index (κ3) is 5.60. The molecule has 0 atom stereocenters. The normalized spacial score (nSPS) is 10.2. The van der Waals surface area contributed by atoms with Gasteiger partial charge in [0, 0.05) is 10.9 Å². The number of rotatable bonds is 8. The summed E-state index contributed by atoms with van der Waals surface area (Å²) >= 11 is 3.33. The third-order valence-corrected chi connectivity index (χ3v) is 4.05. The lowest BCUT2D eigenvalue weighted by Crippen LogP contribution is -2.09. The SMILES string of the molecule is COc1cccc(COC(=O)CCC(=O)c2cc(Br)ccc2OC)c1. The Morgan fingerprint density at radius 1 is 1.00 bits per heavy atom. The Hall–Kier alpha value is -2.34. The molecule has 5 nitrogen and oxygen atoms in total. The van der Waals surface area contributed by atoms with Crippen molar-refractivity contribution < 1.29 is 23.8 Å². The van der Waals surface area contributed by atoms with Crippen LogP contribution in [0.3, 0.4) is 0 Å². The van der Waals surface area contributed by atoms with Gasteiger partial charge in [-0.05, 0) is 35.9 Å². The van der Waals surface area contributed by atoms with Gasteiger partial charge in [0.15, 0.2) is 5.78 Å². The van der Waals surface area contributed by atoms with Crippen LogP contribution in [0.5, 0.6) is 11.5 Å². The maximum Gasteiger partial charge on any atom is 0.306 e. The van der Waals surface area contributed by atoms with Crippen molar-refractivity contribution in [3.8, 4) is 11.5 Å². The first kappa shape index (κ1) is 19.0. The van der Waals surface area contributed by atoms with Gasteiger partial charge in [-0.1, -0.05) is 28.1 Å². The summed E-state index contributed by atoms with van der Waals surface area (Å²) in [7, 11) is 3.08. The predicted molar refractivity (Wildman–Crippen MR) is 97.0 cm³/mol. The van der Waals surface area contributed by atoms with Gasteiger partial charge in [0.05, 0.1) is 26.2 Å². The van der Waals surface area contributed by atoms with E-state index in [1.54, 1.807) is 31.4 Å². The van der Waals surface area contributed by atoms with Crippen molar-refractivity contribution in [2.24, 2.45) is 0 Å². The number of halogens is 1. The van der Waals surface area contributed by atoms with E-state index in [1.165, 1.54) is 7.11 Å². The molecule has 132 valence electrons. The fourth-order valence-electron chi connectivity index (χ4n) is 2.25. The van der Waals surface area contributed by atoms with Crippen LogP contribution in [-0.2, 0) is 16.1 Å². The van der Waals surface area contributed by atoms with Gasteiger partial charge in [0.2, 0.25) is 0 Å². The minimum atomic E-state index is -0.426. The third-order valence-electron chi connectivity index (χ3n) is 3.55. The summed E-state index contributed by atoms with van der Waals surface area (Å²) in [6, 6.07) is 12.5. The van der Waals surface area contributed by atoms with E-state index in [0.29, 0.717) is 17.1 Å². The number of carbonyl (C=O) groups is 2. The maximum absolute atomic E-state index is 12.3. The van der Waals surface area contributed by atoms with E-state index in [0.717, 1.165) is 10.0 Å². The van der Waals surface area contributed by atoms with Crippen molar-refractivity contribution in [1.82, 2.24) is 0 Å². The van der Waals surface area contributed by atoms with Gasteiger partial charge in [-0.15, -0.1) is 0 Å². The van der Waals surface area contributed by atoms with Gasteiger partial charge in [0.25, 0.3) is 0 Å². The number of benzene rings is 2. The molecule has 0 saturated carbocycles. The van der Waals surface area contributed by atoms with Crippen LogP contribution in [0, 0.1) is 0 Å². The molecule has 0 aromatic heterocycles. The molecule has 0 amide bonds. The largest absolute Gasteiger partial charge is 0.497 e. The standard InChI is InChI=1S/C19H19BrO5/c1-23-15-5-3-4-13(10-15)12-25-19(22)9-7-17(21)16-11-14(20)6-8-18(16)24-2/h3-6,8,10-11H,7,9,12H2,1-2H3. The van der Waals surface area contributed by atoms with E-state index in [4.69, 9.17) is 14.2 Å². The minimum absolute atomic E-state index is 0.0124. The second-order valence-electron chi connectivity index (χ2n) is 5.28. The van der Waals surface area contributed by atoms with Crippen LogP contribution in [0.15, 0.2) is 46.9 Å². The Balaban J connectivity index is 1.87. The fraction of sp³-hybridized carbons (Fsp3) is 0.263. The molecule has 25 heavy (non-hydrogen) atoms. The second kappa shape index (κ2) is 9.22. The lowest BCUT2D eigenvalue weighted by Gasteiger charge is -2.09. The molecule has 2 aromatic rings. The molecule has 0 heterocycles. The molecule has 0 bridgehead atoms. The first-order valence-corrected chi connectivity index (χ1v) is 8.48. The lowest BCUT2D eigenvalue weighted by molar-refractivity contribution is -0.144. The number of Topliss-reactive ketones (excluding diaryl/α,β-unsaturated/α-hetero) is 1. The number of ketones is 1. The Morgan fingerprint density at radius 2 is 1.80 bits per heavy atom. The molecular weight excluding hydrogens is 388 g/mol. The molecule has 0 fully saturated rings. The molecule has 0 radical (unpaired) electrons. The van der Waals surface area contributed by atoms with Crippen LogP contribution in [0.2, 0.25) is 0 Å². The van der Waals surface area contributed by atoms with E-state index < -0.39 is 5.97 Å². The Labute approximate surface area is 155 Å². The Kier molecular flexibility index (Phi) is 7.01. The van der Waals surface area contributed by atoms with Crippen molar-refractivity contribution in [2.45, 2.75) is 19.4 Å². The number of ether oxygens (including phenoxy) is 3. The topological polar surface area (TPSA) is 61.8 Å². The minimum Gasteiger partial charge on any atom is -0.497 e. The lowest BCUT2D eigenvalue weighted by atomic mass is 10.1. The van der Waals surface area contributed by atoms with E-state index in [2.05, 4.69) is 15.9 Å². The maximum atomic E-state index is 12.3. The number of methoxy groups -OCH3 is 2. The molecule has 0 unspecified atom stereocenters. The molecule has 2 aromatic carbocycles. The number of carbonyl (C=O) groups excluding carboxylic acids is 2. The van der Waals surface area contributed by atoms with Crippen LogP contribution in [0.1, 0.15) is 28.8 Å². The van der Waals surface area contributed by atoms with E-state index in [1.807, 2.05) is 18.2 Å². The summed E-state index contributed by atoms with van der Waals surface area (Å²) in [5.41, 5.74) is 1.27. The summed E-state index contributed by atoms with van der Waals surface area (Å²) < 4.78 is 16.3. The van der Waals surface area contributed by atoms with Crippen LogP contribution >= 0.6 is 15.9 Å². The summed E-state index contributed by atoms with van der Waals surface area (Å²) in [5, 5.41) is 0. The molecule has 0 N–H and O–H groups in total. The van der Waals surface area contributed by atoms with E-state index in [9.17, 15) is 9.59 Å². The zero-order valence-electron chi connectivity index (χ0n) is 14.1. The van der Waals surface area contributed by atoms with Crippen molar-refractivity contribution in [3.05, 3.63) is 58.1 Å². The quantitative estimate of drug-likeness (QED) is 0.486. The highest BCUT2D eigenvalue weighted by molar-refractivity contribution is 9.10. The smallest absolute Gasteiger partial charge is 0.306 e. The first-order valence-electron chi connectivity index (χ1n) is 7.68. The number of esters is 1. The average molecular weight is 407 g/mol. The highest BCUT2D eigenvalue weighted by Crippen LogP contribution is 2.24. The Morgan fingerprint density at radius 3 is 2.52 bits per heavy atom. The zero-order valence-corrected chi connectivity index (χ0v) is 15.7. The van der Waals surface area contributed by atoms with Crippen molar-refractivity contribution in [3.63, 3.8) is 0 Å². The van der Waals surface area contributed by atoms with Gasteiger partial charge in [-0.2, -0.15) is 0 Å². The van der Waals surface area contributed by atoms with Crippen molar-refractivity contribution in [2.75, 3.05) is 14.2 Å². The van der Waals surface area contributed by atoms with Crippen LogP contribution in [0.4, 0.5) is 0 Å². The fourth-order valence-corrected chi connectivity index (χ4v) is 2.61. The van der Waals surface area contributed by atoms with Crippen molar-refractivity contribution in [1.29, 1.82) is 0 Å². The summed E-state index contributed by atoms with van der Waals surface area (Å²) in [4.78, 5) is 24.2. The summed E-state index contributed by atoms with van der Waals surface area (Å²) in [6.07, 6.45) is 0.0717. The predicted octanol–water partition coefficient (Wildman–Crippen LogP) is 4.17. The Bertz CT molecular complexity index is 757. The van der Waals surface area contributed by atoms with Gasteiger partial charge in [-0.3, -0.25) is 9.59 Å². The highest BCUT2D eigenvalue weighted by atomic mass is 79.9. The molecule has 6 heteroatoms. The molecule has 0 spiro atoms. The number of hydrogen-bond acceptors (Lipinski definition) is 5. The van der Waals surface area contributed by atoms with Gasteiger partial charge in [0.1, 0.15) is 18.1 Å². The monoisotopic (exact) mass is 406 g/mol. The van der Waals surface area contributed by atoms with E-state index in [-0.39, 0.29) is 25.2 Å². The van der Waals surface area contributed by atoms with Crippen molar-refractivity contribution >= 4 is 27.7 Å². The highest BCUT2D eigenvalue weighted by Gasteiger charge is 2.15. The zero-order chi connectivity index (χ0) is 18.2. The van der Waals surface area contributed by atoms with Gasteiger partial charge in [-0.25, -0.2) is 0 Å². The van der Waals surface area contributed by atoms with Crippen LogP contribution in [-0.4, -0.2) is 26.0 Å². The molecule has 0 aliphatic rings. The van der Waals surface area contributed by atoms with E-state index >= 15 is 0 Å². The van der Waals surface area contributed by atoms with Gasteiger partial charge < -0.3 is 14.2 Å². The average Bonchev–Trinajstić information content (AvgIpc) is 2.64. The molecule has 0 saturated heterocycles. The summed E-state index contributed by atoms with van der Waals surface area (Å²) in [5.74, 6) is 0.588. The van der Waals surface area contributed by atoms with Crippen LogP contribution in [0.25, 0.3) is 0 Å². The molecule has 0 aliphatic carbocycles. The molecule has 0 aliphatic heterocycles.